The predicted octanol–water partition coefficient (Wildman–Crippen LogP) is 1.70. The van der Waals surface area contributed by atoms with Crippen molar-refractivity contribution in [3.05, 3.63) is 53.6 Å². The van der Waals surface area contributed by atoms with Gasteiger partial charge in [-0.2, -0.15) is 0 Å². The predicted molar refractivity (Wildman–Crippen MR) is 125 cm³/mol. The van der Waals surface area contributed by atoms with E-state index >= 15 is 0 Å². The summed E-state index contributed by atoms with van der Waals surface area (Å²) in [5.74, 6) is 0.0753. The molecule has 1 heterocycles. The maximum atomic E-state index is 13.4. The van der Waals surface area contributed by atoms with Crippen molar-refractivity contribution in [1.82, 2.24) is 10.2 Å². The second kappa shape index (κ2) is 10.1. The van der Waals surface area contributed by atoms with Crippen molar-refractivity contribution in [1.29, 1.82) is 0 Å². The molecule has 0 spiro atoms. The number of ether oxygens (including phenoxy) is 2. The molecule has 10 heteroatoms. The molecular formula is C23H29N3O6S. The highest BCUT2D eigenvalue weighted by atomic mass is 32.2. The zero-order valence-corrected chi connectivity index (χ0v) is 20.0. The number of amides is 2. The zero-order chi connectivity index (χ0) is 24.2. The number of nitrogens with zero attached hydrogens (tertiary/aromatic N) is 2. The first-order valence-corrected chi connectivity index (χ1v) is 12.4. The minimum Gasteiger partial charge on any atom is -0.486 e. The van der Waals surface area contributed by atoms with Crippen LogP contribution in [0.3, 0.4) is 0 Å². The summed E-state index contributed by atoms with van der Waals surface area (Å²) in [7, 11) is -2.32. The molecule has 2 amide bonds. The van der Waals surface area contributed by atoms with E-state index in [9.17, 15) is 18.0 Å². The Bertz CT molecular complexity index is 1130. The Labute approximate surface area is 194 Å². The molecule has 0 saturated heterocycles. The van der Waals surface area contributed by atoms with Crippen LogP contribution in [0.5, 0.6) is 11.5 Å². The summed E-state index contributed by atoms with van der Waals surface area (Å²) in [4.78, 5) is 27.2. The lowest BCUT2D eigenvalue weighted by Crippen LogP contribution is -2.50. The molecule has 0 bridgehead atoms. The molecule has 1 N–H and O–H groups in total. The molecule has 178 valence electrons. The maximum absolute atomic E-state index is 13.4. The molecule has 1 aliphatic heterocycles. The van der Waals surface area contributed by atoms with Crippen molar-refractivity contribution >= 4 is 27.5 Å². The van der Waals surface area contributed by atoms with Gasteiger partial charge in [-0.1, -0.05) is 24.3 Å². The van der Waals surface area contributed by atoms with E-state index < -0.39 is 28.5 Å². The minimum atomic E-state index is -3.82. The number of sulfonamides is 1. The van der Waals surface area contributed by atoms with Crippen molar-refractivity contribution in [3.8, 4) is 11.5 Å². The van der Waals surface area contributed by atoms with Gasteiger partial charge in [-0.05, 0) is 37.1 Å². The van der Waals surface area contributed by atoms with E-state index in [0.717, 1.165) is 21.7 Å². The van der Waals surface area contributed by atoms with Gasteiger partial charge in [0, 0.05) is 19.7 Å². The quantitative estimate of drug-likeness (QED) is 0.623. The van der Waals surface area contributed by atoms with Gasteiger partial charge in [0.25, 0.3) is 0 Å². The Morgan fingerprint density at radius 1 is 1.09 bits per heavy atom. The number of anilines is 1. The highest BCUT2D eigenvalue weighted by molar-refractivity contribution is 7.92. The highest BCUT2D eigenvalue weighted by Crippen LogP contribution is 2.34. The third-order valence-electron chi connectivity index (χ3n) is 5.51. The summed E-state index contributed by atoms with van der Waals surface area (Å²) in [5.41, 5.74) is 2.11. The lowest BCUT2D eigenvalue weighted by molar-refractivity contribution is -0.139. The van der Waals surface area contributed by atoms with Crippen molar-refractivity contribution in [3.63, 3.8) is 0 Å². The van der Waals surface area contributed by atoms with Crippen LogP contribution in [0.2, 0.25) is 0 Å². The van der Waals surface area contributed by atoms with Gasteiger partial charge in [0.15, 0.2) is 11.5 Å². The van der Waals surface area contributed by atoms with E-state index in [1.54, 1.807) is 19.1 Å². The van der Waals surface area contributed by atoms with Gasteiger partial charge in [-0.3, -0.25) is 13.9 Å². The molecule has 0 fully saturated rings. The van der Waals surface area contributed by atoms with Gasteiger partial charge in [0.2, 0.25) is 21.8 Å². The summed E-state index contributed by atoms with van der Waals surface area (Å²) in [6.45, 7) is 3.99. The molecule has 3 rings (SSSR count). The van der Waals surface area contributed by atoms with Crippen LogP contribution in [0.1, 0.15) is 18.1 Å². The van der Waals surface area contributed by atoms with Gasteiger partial charge in [-0.15, -0.1) is 0 Å². The molecule has 1 atom stereocenters. The first-order chi connectivity index (χ1) is 15.6. The van der Waals surface area contributed by atoms with Gasteiger partial charge in [-0.25, -0.2) is 8.42 Å². The Kier molecular flexibility index (Phi) is 7.47. The minimum absolute atomic E-state index is 0.166. The number of carbonyl (C=O) groups is 2. The Balaban J connectivity index is 1.93. The van der Waals surface area contributed by atoms with E-state index in [0.29, 0.717) is 24.7 Å². The fourth-order valence-electron chi connectivity index (χ4n) is 3.56. The first-order valence-electron chi connectivity index (χ1n) is 10.5. The molecule has 0 saturated carbocycles. The summed E-state index contributed by atoms with van der Waals surface area (Å²) in [6.07, 6.45) is 1.03. The number of carbonyl (C=O) groups excluding carboxylic acids is 2. The number of rotatable bonds is 8. The number of fused-ring (bicyclic) bond motifs is 1. The number of hydrogen-bond acceptors (Lipinski definition) is 6. The molecular weight excluding hydrogens is 446 g/mol. The van der Waals surface area contributed by atoms with Crippen molar-refractivity contribution in [2.75, 3.05) is 37.4 Å². The molecule has 33 heavy (non-hydrogen) atoms. The van der Waals surface area contributed by atoms with E-state index in [1.165, 1.54) is 18.0 Å². The fraction of sp³-hybridized carbons (Fsp3) is 0.391. The number of likely N-dealkylation sites (N-methyl/N-ethyl adjacent to an activating group) is 1. The number of aryl methyl sites for hydroxylation is 1. The number of nitrogens with one attached hydrogen (secondary N) is 1. The molecule has 0 radical (unpaired) electrons. The maximum Gasteiger partial charge on any atom is 0.244 e. The van der Waals surface area contributed by atoms with E-state index in [4.69, 9.17) is 9.47 Å². The summed E-state index contributed by atoms with van der Waals surface area (Å²) < 4.78 is 37.3. The smallest absolute Gasteiger partial charge is 0.244 e. The van der Waals surface area contributed by atoms with Crippen LogP contribution in [0, 0.1) is 6.92 Å². The Hall–Kier alpha value is -3.27. The molecule has 9 nitrogen and oxygen atoms in total. The van der Waals surface area contributed by atoms with E-state index in [-0.39, 0.29) is 18.1 Å². The third kappa shape index (κ3) is 5.75. The molecule has 2 aromatic carbocycles. The van der Waals surface area contributed by atoms with Crippen molar-refractivity contribution in [2.45, 2.75) is 26.4 Å². The molecule has 1 aliphatic rings. The highest BCUT2D eigenvalue weighted by Gasteiger charge is 2.30. The van der Waals surface area contributed by atoms with Crippen LogP contribution in [0.4, 0.5) is 5.69 Å². The van der Waals surface area contributed by atoms with Crippen LogP contribution in [0.15, 0.2) is 42.5 Å². The summed E-state index contributed by atoms with van der Waals surface area (Å²) in [6, 6.07) is 11.5. The topological polar surface area (TPSA) is 105 Å². The molecule has 2 aromatic rings. The van der Waals surface area contributed by atoms with Gasteiger partial charge >= 0.3 is 0 Å². The number of benzene rings is 2. The van der Waals surface area contributed by atoms with Gasteiger partial charge in [0.1, 0.15) is 25.8 Å². The van der Waals surface area contributed by atoms with Crippen LogP contribution in [0.25, 0.3) is 0 Å². The van der Waals surface area contributed by atoms with Crippen LogP contribution in [-0.4, -0.2) is 64.2 Å². The lowest BCUT2D eigenvalue weighted by Gasteiger charge is -2.32. The molecule has 0 unspecified atom stereocenters. The van der Waals surface area contributed by atoms with E-state index in [1.807, 2.05) is 31.2 Å². The SMILES string of the molecule is CNC(=O)[C@@H](C)N(Cc1ccccc1C)C(=O)CN(c1ccc2c(c1)OCCO2)S(C)(=O)=O. The monoisotopic (exact) mass is 475 g/mol. The summed E-state index contributed by atoms with van der Waals surface area (Å²) in [5, 5.41) is 2.55. The Morgan fingerprint density at radius 2 is 1.76 bits per heavy atom. The second-order valence-electron chi connectivity index (χ2n) is 7.84. The Morgan fingerprint density at radius 3 is 2.39 bits per heavy atom. The van der Waals surface area contributed by atoms with Crippen LogP contribution in [-0.2, 0) is 26.2 Å². The molecule has 0 aliphatic carbocycles. The van der Waals surface area contributed by atoms with Crippen LogP contribution < -0.4 is 19.1 Å². The first kappa shape index (κ1) is 24.4. The van der Waals surface area contributed by atoms with Gasteiger partial charge < -0.3 is 19.7 Å². The van der Waals surface area contributed by atoms with Crippen molar-refractivity contribution in [2.24, 2.45) is 0 Å². The van der Waals surface area contributed by atoms with Crippen LogP contribution >= 0.6 is 0 Å². The van der Waals surface area contributed by atoms with E-state index in [2.05, 4.69) is 5.32 Å². The normalized spacial score (nSPS) is 13.7. The summed E-state index contributed by atoms with van der Waals surface area (Å²) >= 11 is 0. The standard InChI is InChI=1S/C23H29N3O6S/c1-16-7-5-6-8-18(16)14-25(17(2)23(28)24-3)22(27)15-26(33(4,29)30)19-9-10-20-21(13-19)32-12-11-31-20/h5-10,13,17H,11-12,14-15H2,1-4H3,(H,24,28)/t17-/m1/s1. The average Bonchev–Trinajstić information content (AvgIpc) is 2.79. The second-order valence-corrected chi connectivity index (χ2v) is 9.74. The number of hydrogen-bond donors (Lipinski definition) is 1. The fourth-order valence-corrected chi connectivity index (χ4v) is 4.40. The lowest BCUT2D eigenvalue weighted by atomic mass is 10.1. The molecule has 0 aromatic heterocycles. The zero-order valence-electron chi connectivity index (χ0n) is 19.2. The van der Waals surface area contributed by atoms with Gasteiger partial charge in [0.05, 0.1) is 11.9 Å². The third-order valence-corrected chi connectivity index (χ3v) is 6.65. The van der Waals surface area contributed by atoms with Crippen molar-refractivity contribution < 1.29 is 27.5 Å². The average molecular weight is 476 g/mol. The largest absolute Gasteiger partial charge is 0.486 e.